The predicted octanol–water partition coefficient (Wildman–Crippen LogP) is 1.39. The third-order valence-electron chi connectivity index (χ3n) is 2.99. The first-order chi connectivity index (χ1) is 9.93. The van der Waals surface area contributed by atoms with Crippen molar-refractivity contribution in [1.82, 2.24) is 10.6 Å². The summed E-state index contributed by atoms with van der Waals surface area (Å²) in [6.07, 6.45) is 0.528. The summed E-state index contributed by atoms with van der Waals surface area (Å²) < 4.78 is 5.23. The number of methoxy groups -OCH3 is 1. The molecule has 6 nitrogen and oxygen atoms in total. The summed E-state index contributed by atoms with van der Waals surface area (Å²) in [4.78, 5) is 23.1. The van der Waals surface area contributed by atoms with Crippen LogP contribution in [0.25, 0.3) is 0 Å². The Bertz CT molecular complexity index is 489. The molecule has 0 saturated heterocycles. The second-order valence-corrected chi connectivity index (χ2v) is 5.22. The highest BCUT2D eigenvalue weighted by atomic mass is 16.5. The molecule has 0 unspecified atom stereocenters. The molecule has 0 aromatic heterocycles. The van der Waals surface area contributed by atoms with Crippen molar-refractivity contribution >= 4 is 11.9 Å². The third kappa shape index (κ3) is 5.72. The molecule has 0 bridgehead atoms. The Morgan fingerprint density at radius 2 is 1.95 bits per heavy atom. The number of hydrogen-bond acceptors (Lipinski definition) is 3. The van der Waals surface area contributed by atoms with Crippen molar-refractivity contribution in [1.29, 1.82) is 0 Å². The molecular formula is C15H23N3O3. The van der Waals surface area contributed by atoms with Crippen molar-refractivity contribution in [3.05, 3.63) is 29.8 Å². The van der Waals surface area contributed by atoms with E-state index >= 15 is 0 Å². The van der Waals surface area contributed by atoms with Crippen LogP contribution in [0.3, 0.4) is 0 Å². The molecule has 0 aliphatic rings. The minimum absolute atomic E-state index is 0.256. The summed E-state index contributed by atoms with van der Waals surface area (Å²) in [5.74, 6) is 0.716. The number of carbonyl (C=O) groups is 2. The summed E-state index contributed by atoms with van der Waals surface area (Å²) in [6.45, 7) is 4.28. The average Bonchev–Trinajstić information content (AvgIpc) is 2.43. The number of rotatable bonds is 7. The van der Waals surface area contributed by atoms with Crippen LogP contribution in [0.1, 0.15) is 25.8 Å². The van der Waals surface area contributed by atoms with Gasteiger partial charge in [-0.2, -0.15) is 0 Å². The maximum atomic E-state index is 12.2. The van der Waals surface area contributed by atoms with E-state index in [0.717, 1.165) is 5.56 Å². The van der Waals surface area contributed by atoms with Crippen molar-refractivity contribution in [3.8, 4) is 5.75 Å². The zero-order valence-electron chi connectivity index (χ0n) is 12.7. The Hall–Kier alpha value is -2.24. The number of carbonyl (C=O) groups excluding carboxylic acids is 2. The Labute approximate surface area is 125 Å². The number of primary amides is 1. The molecule has 0 fully saturated rings. The SMILES string of the molecule is COc1ccccc1CNC(=O)[C@@H](CC(C)C)NC(N)=O. The average molecular weight is 293 g/mol. The Morgan fingerprint density at radius 3 is 2.52 bits per heavy atom. The first kappa shape index (κ1) is 16.8. The summed E-state index contributed by atoms with van der Waals surface area (Å²) >= 11 is 0. The van der Waals surface area contributed by atoms with Crippen molar-refractivity contribution in [2.24, 2.45) is 11.7 Å². The lowest BCUT2D eigenvalue weighted by Crippen LogP contribution is -2.49. The molecule has 0 aliphatic carbocycles. The Kier molecular flexibility index (Phi) is 6.52. The smallest absolute Gasteiger partial charge is 0.312 e. The summed E-state index contributed by atoms with van der Waals surface area (Å²) in [7, 11) is 1.58. The standard InChI is InChI=1S/C15H23N3O3/c1-10(2)8-12(18-15(16)20)14(19)17-9-11-6-4-5-7-13(11)21-3/h4-7,10,12H,8-9H2,1-3H3,(H,17,19)(H3,16,18,20)/t12-/m1/s1. The molecule has 0 radical (unpaired) electrons. The van der Waals surface area contributed by atoms with Gasteiger partial charge in [-0.25, -0.2) is 4.79 Å². The zero-order valence-corrected chi connectivity index (χ0v) is 12.7. The fraction of sp³-hybridized carbons (Fsp3) is 0.467. The van der Waals surface area contributed by atoms with E-state index in [1.165, 1.54) is 0 Å². The number of benzene rings is 1. The number of ether oxygens (including phenoxy) is 1. The highest BCUT2D eigenvalue weighted by molar-refractivity contribution is 5.86. The van der Waals surface area contributed by atoms with Gasteiger partial charge in [0.1, 0.15) is 11.8 Å². The fourth-order valence-electron chi connectivity index (χ4n) is 2.03. The molecule has 0 aliphatic heterocycles. The van der Waals surface area contributed by atoms with E-state index in [4.69, 9.17) is 10.5 Å². The van der Waals surface area contributed by atoms with Gasteiger partial charge in [0.2, 0.25) is 5.91 Å². The maximum absolute atomic E-state index is 12.2. The molecular weight excluding hydrogens is 270 g/mol. The summed E-state index contributed by atoms with van der Waals surface area (Å²) in [6, 6.07) is 6.11. The first-order valence-electron chi connectivity index (χ1n) is 6.89. The van der Waals surface area contributed by atoms with Gasteiger partial charge in [0.25, 0.3) is 0 Å². The van der Waals surface area contributed by atoms with E-state index in [-0.39, 0.29) is 11.8 Å². The number of nitrogens with two attached hydrogens (primary N) is 1. The second-order valence-electron chi connectivity index (χ2n) is 5.22. The van der Waals surface area contributed by atoms with Crippen LogP contribution < -0.4 is 21.1 Å². The van der Waals surface area contributed by atoms with Gasteiger partial charge in [-0.3, -0.25) is 4.79 Å². The van der Waals surface area contributed by atoms with Gasteiger partial charge in [-0.1, -0.05) is 32.0 Å². The van der Waals surface area contributed by atoms with Crippen LogP contribution in [0, 0.1) is 5.92 Å². The topological polar surface area (TPSA) is 93.4 Å². The minimum atomic E-state index is -0.701. The lowest BCUT2D eigenvalue weighted by Gasteiger charge is -2.19. The van der Waals surface area contributed by atoms with Crippen molar-refractivity contribution in [2.75, 3.05) is 7.11 Å². The minimum Gasteiger partial charge on any atom is -0.496 e. The van der Waals surface area contributed by atoms with Crippen LogP contribution in [-0.2, 0) is 11.3 Å². The van der Waals surface area contributed by atoms with Crippen LogP contribution in [0.2, 0.25) is 0 Å². The molecule has 0 saturated carbocycles. The first-order valence-corrected chi connectivity index (χ1v) is 6.89. The van der Waals surface area contributed by atoms with Gasteiger partial charge in [0.15, 0.2) is 0 Å². The van der Waals surface area contributed by atoms with Crippen molar-refractivity contribution in [2.45, 2.75) is 32.9 Å². The van der Waals surface area contributed by atoms with Gasteiger partial charge in [0, 0.05) is 12.1 Å². The van der Waals surface area contributed by atoms with Crippen LogP contribution >= 0.6 is 0 Å². The zero-order chi connectivity index (χ0) is 15.8. The monoisotopic (exact) mass is 293 g/mol. The summed E-state index contributed by atoms with van der Waals surface area (Å²) in [5, 5.41) is 5.27. The Morgan fingerprint density at radius 1 is 1.29 bits per heavy atom. The molecule has 0 spiro atoms. The Balaban J connectivity index is 2.66. The molecule has 6 heteroatoms. The van der Waals surface area contributed by atoms with Gasteiger partial charge in [0.05, 0.1) is 7.11 Å². The van der Waals surface area contributed by atoms with Crippen LogP contribution in [-0.4, -0.2) is 25.1 Å². The van der Waals surface area contributed by atoms with Crippen molar-refractivity contribution < 1.29 is 14.3 Å². The molecule has 21 heavy (non-hydrogen) atoms. The second kappa shape index (κ2) is 8.14. The summed E-state index contributed by atoms with van der Waals surface area (Å²) in [5.41, 5.74) is 5.98. The van der Waals surface area contributed by atoms with Gasteiger partial charge in [-0.05, 0) is 18.4 Å². The van der Waals surface area contributed by atoms with E-state index in [0.29, 0.717) is 18.7 Å². The van der Waals surface area contributed by atoms with E-state index in [1.807, 2.05) is 38.1 Å². The number of urea groups is 1. The molecule has 116 valence electrons. The normalized spacial score (nSPS) is 11.8. The highest BCUT2D eigenvalue weighted by Gasteiger charge is 2.20. The lowest BCUT2D eigenvalue weighted by atomic mass is 10.0. The molecule has 1 aromatic carbocycles. The predicted molar refractivity (Wildman–Crippen MR) is 80.8 cm³/mol. The highest BCUT2D eigenvalue weighted by Crippen LogP contribution is 2.16. The molecule has 0 heterocycles. The van der Waals surface area contributed by atoms with E-state index in [1.54, 1.807) is 7.11 Å². The van der Waals surface area contributed by atoms with Gasteiger partial charge < -0.3 is 21.1 Å². The lowest BCUT2D eigenvalue weighted by molar-refractivity contribution is -0.123. The largest absolute Gasteiger partial charge is 0.496 e. The maximum Gasteiger partial charge on any atom is 0.312 e. The van der Waals surface area contributed by atoms with Gasteiger partial charge in [-0.15, -0.1) is 0 Å². The number of nitrogens with one attached hydrogen (secondary N) is 2. The van der Waals surface area contributed by atoms with Crippen LogP contribution in [0.15, 0.2) is 24.3 Å². The molecule has 1 atom stereocenters. The van der Waals surface area contributed by atoms with Crippen LogP contribution in [0.4, 0.5) is 4.79 Å². The molecule has 1 rings (SSSR count). The van der Waals surface area contributed by atoms with Crippen molar-refractivity contribution in [3.63, 3.8) is 0 Å². The van der Waals surface area contributed by atoms with Crippen LogP contribution in [0.5, 0.6) is 5.75 Å². The number of amides is 3. The van der Waals surface area contributed by atoms with E-state index < -0.39 is 12.1 Å². The molecule has 4 N–H and O–H groups in total. The quantitative estimate of drug-likeness (QED) is 0.709. The fourth-order valence-corrected chi connectivity index (χ4v) is 2.03. The number of hydrogen-bond donors (Lipinski definition) is 3. The molecule has 3 amide bonds. The van der Waals surface area contributed by atoms with E-state index in [2.05, 4.69) is 10.6 Å². The number of para-hydroxylation sites is 1. The third-order valence-corrected chi connectivity index (χ3v) is 2.99. The van der Waals surface area contributed by atoms with E-state index in [9.17, 15) is 9.59 Å². The molecule has 1 aromatic rings. The van der Waals surface area contributed by atoms with Gasteiger partial charge >= 0.3 is 6.03 Å².